The molecule has 1 unspecified atom stereocenters. The van der Waals surface area contributed by atoms with Gasteiger partial charge in [0.15, 0.2) is 0 Å². The van der Waals surface area contributed by atoms with Gasteiger partial charge in [-0.2, -0.15) is 0 Å². The van der Waals surface area contributed by atoms with Gasteiger partial charge >= 0.3 is 0 Å². The molecule has 15 heavy (non-hydrogen) atoms. The summed E-state index contributed by atoms with van der Waals surface area (Å²) in [4.78, 5) is 0. The number of terminal acetylenes is 1. The average molecular weight is 199 g/mol. The quantitative estimate of drug-likeness (QED) is 0.728. The van der Waals surface area contributed by atoms with Crippen molar-refractivity contribution in [2.75, 3.05) is 0 Å². The first-order valence-corrected chi connectivity index (χ1v) is 5.59. The zero-order valence-electron chi connectivity index (χ0n) is 8.95. The highest BCUT2D eigenvalue weighted by Gasteiger charge is 2.36. The van der Waals surface area contributed by atoms with E-state index in [0.29, 0.717) is 5.92 Å². The summed E-state index contributed by atoms with van der Waals surface area (Å²) < 4.78 is 0. The van der Waals surface area contributed by atoms with Crippen LogP contribution in [0.15, 0.2) is 30.3 Å². The van der Waals surface area contributed by atoms with Crippen molar-refractivity contribution in [3.05, 3.63) is 35.9 Å². The van der Waals surface area contributed by atoms with Crippen molar-refractivity contribution in [2.45, 2.75) is 31.2 Å². The van der Waals surface area contributed by atoms with Crippen molar-refractivity contribution in [3.63, 3.8) is 0 Å². The van der Waals surface area contributed by atoms with Crippen LogP contribution >= 0.6 is 0 Å². The highest BCUT2D eigenvalue weighted by Crippen LogP contribution is 2.38. The Bertz CT molecular complexity index is 357. The Morgan fingerprint density at radius 2 is 1.80 bits per heavy atom. The molecule has 1 saturated carbocycles. The van der Waals surface area contributed by atoms with Gasteiger partial charge in [0.25, 0.3) is 0 Å². The Kier molecular flexibility index (Phi) is 2.79. The first-order valence-electron chi connectivity index (χ1n) is 5.59. The molecule has 1 aliphatic carbocycles. The van der Waals surface area contributed by atoms with Gasteiger partial charge in [-0.1, -0.05) is 49.1 Å². The second kappa shape index (κ2) is 4.08. The van der Waals surface area contributed by atoms with E-state index in [0.717, 1.165) is 18.4 Å². The van der Waals surface area contributed by atoms with E-state index in [9.17, 15) is 0 Å². The lowest BCUT2D eigenvalue weighted by Crippen LogP contribution is -2.41. The van der Waals surface area contributed by atoms with Crippen LogP contribution in [0.4, 0.5) is 0 Å². The molecule has 0 aromatic heterocycles. The summed E-state index contributed by atoms with van der Waals surface area (Å²) in [7, 11) is 0. The van der Waals surface area contributed by atoms with E-state index in [1.165, 1.54) is 12.8 Å². The molecule has 1 heteroatoms. The topological polar surface area (TPSA) is 26.0 Å². The van der Waals surface area contributed by atoms with Crippen molar-refractivity contribution < 1.29 is 0 Å². The predicted octanol–water partition coefficient (Wildman–Crippen LogP) is 2.66. The van der Waals surface area contributed by atoms with E-state index >= 15 is 0 Å². The third kappa shape index (κ3) is 1.78. The van der Waals surface area contributed by atoms with Gasteiger partial charge in [-0.25, -0.2) is 0 Å². The molecule has 0 heterocycles. The summed E-state index contributed by atoms with van der Waals surface area (Å²) in [6.07, 6.45) is 10.5. The normalized spacial score (nSPS) is 20.8. The Balaban J connectivity index is 2.33. The molecule has 0 amide bonds. The van der Waals surface area contributed by atoms with Crippen LogP contribution in [-0.4, -0.2) is 0 Å². The van der Waals surface area contributed by atoms with Crippen LogP contribution in [0.5, 0.6) is 0 Å². The number of rotatable bonds is 2. The molecule has 0 spiro atoms. The Morgan fingerprint density at radius 3 is 2.33 bits per heavy atom. The summed E-state index contributed by atoms with van der Waals surface area (Å²) >= 11 is 0. The second-order valence-corrected chi connectivity index (χ2v) is 4.36. The molecule has 1 nitrogen and oxygen atoms in total. The maximum Gasteiger partial charge on any atom is 0.106 e. The van der Waals surface area contributed by atoms with Gasteiger partial charge in [-0.05, 0) is 24.3 Å². The van der Waals surface area contributed by atoms with Gasteiger partial charge in [0.05, 0.1) is 0 Å². The zero-order chi connectivity index (χ0) is 10.7. The molecule has 2 rings (SSSR count). The number of benzene rings is 1. The number of hydrogen-bond acceptors (Lipinski definition) is 1. The summed E-state index contributed by atoms with van der Waals surface area (Å²) in [5.41, 5.74) is 6.91. The third-order valence-corrected chi connectivity index (χ3v) is 3.49. The summed E-state index contributed by atoms with van der Waals surface area (Å²) in [6, 6.07) is 10.1. The van der Waals surface area contributed by atoms with E-state index in [1.54, 1.807) is 0 Å². The molecule has 78 valence electrons. The van der Waals surface area contributed by atoms with Gasteiger partial charge in [0.2, 0.25) is 0 Å². The minimum absolute atomic E-state index is 0.449. The SMILES string of the molecule is C#CC(N)(c1ccccc1)C1CCCC1. The highest BCUT2D eigenvalue weighted by atomic mass is 14.8. The average Bonchev–Trinajstić information content (AvgIpc) is 2.83. The van der Waals surface area contributed by atoms with Crippen LogP contribution < -0.4 is 5.73 Å². The molecule has 0 bridgehead atoms. The minimum atomic E-state index is -0.558. The lowest BCUT2D eigenvalue weighted by molar-refractivity contribution is 0.361. The Hall–Kier alpha value is -1.26. The summed E-state index contributed by atoms with van der Waals surface area (Å²) in [5.74, 6) is 3.26. The lowest BCUT2D eigenvalue weighted by atomic mass is 9.78. The van der Waals surface area contributed by atoms with Gasteiger partial charge < -0.3 is 5.73 Å². The molecule has 1 atom stereocenters. The van der Waals surface area contributed by atoms with E-state index in [1.807, 2.05) is 30.3 Å². The first kappa shape index (κ1) is 10.3. The standard InChI is InChI=1S/C14H17N/c1-2-14(15,13-10-6-7-11-13)12-8-4-3-5-9-12/h1,3-5,8-9,13H,6-7,10-11,15H2. The van der Waals surface area contributed by atoms with Crippen molar-refractivity contribution in [3.8, 4) is 12.3 Å². The van der Waals surface area contributed by atoms with Gasteiger partial charge in [-0.15, -0.1) is 6.42 Å². The zero-order valence-corrected chi connectivity index (χ0v) is 8.95. The highest BCUT2D eigenvalue weighted by molar-refractivity contribution is 5.33. The van der Waals surface area contributed by atoms with Crippen molar-refractivity contribution >= 4 is 0 Å². The fraction of sp³-hybridized carbons (Fsp3) is 0.429. The van der Waals surface area contributed by atoms with Gasteiger partial charge in [0, 0.05) is 0 Å². The smallest absolute Gasteiger partial charge is 0.106 e. The molecule has 0 radical (unpaired) electrons. The Morgan fingerprint density at radius 1 is 1.20 bits per heavy atom. The van der Waals surface area contributed by atoms with Gasteiger partial charge in [0.1, 0.15) is 5.54 Å². The van der Waals surface area contributed by atoms with E-state index in [2.05, 4.69) is 5.92 Å². The number of hydrogen-bond donors (Lipinski definition) is 1. The maximum atomic E-state index is 6.39. The van der Waals surface area contributed by atoms with Crippen molar-refractivity contribution in [1.29, 1.82) is 0 Å². The van der Waals surface area contributed by atoms with E-state index < -0.39 is 5.54 Å². The van der Waals surface area contributed by atoms with Crippen molar-refractivity contribution in [1.82, 2.24) is 0 Å². The van der Waals surface area contributed by atoms with Gasteiger partial charge in [-0.3, -0.25) is 0 Å². The minimum Gasteiger partial charge on any atom is -0.311 e. The second-order valence-electron chi connectivity index (χ2n) is 4.36. The fourth-order valence-corrected chi connectivity index (χ4v) is 2.53. The monoisotopic (exact) mass is 199 g/mol. The van der Waals surface area contributed by atoms with Crippen LogP contribution in [0.1, 0.15) is 31.2 Å². The van der Waals surface area contributed by atoms with Crippen LogP contribution in [0, 0.1) is 18.3 Å². The van der Waals surface area contributed by atoms with E-state index in [4.69, 9.17) is 12.2 Å². The van der Waals surface area contributed by atoms with Crippen LogP contribution in [0.2, 0.25) is 0 Å². The third-order valence-electron chi connectivity index (χ3n) is 3.49. The van der Waals surface area contributed by atoms with Crippen LogP contribution in [-0.2, 0) is 5.54 Å². The van der Waals surface area contributed by atoms with Crippen LogP contribution in [0.25, 0.3) is 0 Å². The molecule has 2 N–H and O–H groups in total. The van der Waals surface area contributed by atoms with Crippen LogP contribution in [0.3, 0.4) is 0 Å². The van der Waals surface area contributed by atoms with Crippen molar-refractivity contribution in [2.24, 2.45) is 11.7 Å². The summed E-state index contributed by atoms with van der Waals surface area (Å²) in [5, 5.41) is 0. The molecule has 1 aromatic carbocycles. The molecular formula is C14H17N. The maximum absolute atomic E-state index is 6.39. The molecule has 1 fully saturated rings. The molecular weight excluding hydrogens is 182 g/mol. The summed E-state index contributed by atoms with van der Waals surface area (Å²) in [6.45, 7) is 0. The lowest BCUT2D eigenvalue weighted by Gasteiger charge is -2.30. The first-order chi connectivity index (χ1) is 7.27. The van der Waals surface area contributed by atoms with E-state index in [-0.39, 0.29) is 0 Å². The Labute approximate surface area is 91.7 Å². The largest absolute Gasteiger partial charge is 0.311 e. The molecule has 0 saturated heterocycles. The molecule has 0 aliphatic heterocycles. The molecule has 1 aliphatic rings. The number of nitrogens with two attached hydrogens (primary N) is 1. The fourth-order valence-electron chi connectivity index (χ4n) is 2.53. The molecule has 1 aromatic rings. The predicted molar refractivity (Wildman–Crippen MR) is 63.1 cm³/mol.